The van der Waals surface area contributed by atoms with E-state index in [-0.39, 0.29) is 40.3 Å². The van der Waals surface area contributed by atoms with E-state index in [1.54, 1.807) is 0 Å². The van der Waals surface area contributed by atoms with Crippen LogP contribution in [0.1, 0.15) is 11.1 Å². The van der Waals surface area contributed by atoms with Gasteiger partial charge < -0.3 is 54.4 Å². The summed E-state index contributed by atoms with van der Waals surface area (Å²) in [5, 5.41) is 5.84. The first-order valence-electron chi connectivity index (χ1n) is 17.1. The van der Waals surface area contributed by atoms with Gasteiger partial charge in [-0.05, 0) is 35.4 Å². The van der Waals surface area contributed by atoms with Crippen molar-refractivity contribution < 1.29 is 40.2 Å². The number of ether oxygens (including phenoxy) is 3. The smallest absolute Gasteiger partial charge is 0.233 e. The highest BCUT2D eigenvalue weighted by Gasteiger charge is 2.22. The van der Waals surface area contributed by atoms with Crippen LogP contribution in [0.25, 0.3) is 12.2 Å². The monoisotopic (exact) mass is 796 g/mol. The maximum atomic E-state index is 12.5. The van der Waals surface area contributed by atoms with Crippen LogP contribution in [0.2, 0.25) is 0 Å². The number of aromatic nitrogens is 6. The Kier molecular flexibility index (Phi) is 11.2. The van der Waals surface area contributed by atoms with E-state index in [2.05, 4.69) is 40.5 Å². The fourth-order valence-corrected chi connectivity index (χ4v) is 7.32. The fourth-order valence-electron chi connectivity index (χ4n) is 5.93. The van der Waals surface area contributed by atoms with Crippen molar-refractivity contribution in [1.82, 2.24) is 29.9 Å². The molecule has 3 saturated heterocycles. The number of morpholine rings is 3. The average Bonchev–Trinajstić information content (AvgIpc) is 3.17. The van der Waals surface area contributed by atoms with Crippen LogP contribution in [0.3, 0.4) is 0 Å². The SMILES string of the molecule is Nc1nc(Nc2ccc(/C=C/c3ccc(Nc4nc(N5CCOCC5)nc(N5CCOCC5)n4)cc3S(=O)(=O)[O-])c(S(=O)(=O)[O-])c2)nc(N2CCOCC2)n1. The number of nitrogens with zero attached hydrogens (tertiary/aromatic N) is 9. The Bertz CT molecular complexity index is 2250. The average molecular weight is 797 g/mol. The Labute approximate surface area is 316 Å². The summed E-state index contributed by atoms with van der Waals surface area (Å²) in [6.45, 7) is 6.24. The molecule has 3 fully saturated rings. The quantitative estimate of drug-likeness (QED) is 0.138. The van der Waals surface area contributed by atoms with Gasteiger partial charge in [0.1, 0.15) is 20.2 Å². The van der Waals surface area contributed by atoms with E-state index >= 15 is 0 Å². The Morgan fingerprint density at radius 3 is 1.31 bits per heavy atom. The second kappa shape index (κ2) is 16.2. The molecule has 2 aromatic carbocycles. The zero-order chi connectivity index (χ0) is 38.6. The van der Waals surface area contributed by atoms with Gasteiger partial charge in [0, 0.05) is 50.6 Å². The number of benzene rings is 2. The predicted octanol–water partition coefficient (Wildman–Crippen LogP) is 0.614. The summed E-state index contributed by atoms with van der Waals surface area (Å²) < 4.78 is 91.0. The van der Waals surface area contributed by atoms with E-state index < -0.39 is 30.0 Å². The Morgan fingerprint density at radius 2 is 0.927 bits per heavy atom. The van der Waals surface area contributed by atoms with Gasteiger partial charge in [-0.3, -0.25) is 0 Å². The van der Waals surface area contributed by atoms with Gasteiger partial charge in [0.2, 0.25) is 35.7 Å². The number of hydrogen-bond donors (Lipinski definition) is 3. The van der Waals surface area contributed by atoms with Gasteiger partial charge in [-0.1, -0.05) is 24.3 Å². The highest BCUT2D eigenvalue weighted by atomic mass is 32.2. The molecular weight excluding hydrogens is 761 g/mol. The van der Waals surface area contributed by atoms with Crippen LogP contribution >= 0.6 is 0 Å². The van der Waals surface area contributed by atoms with Crippen LogP contribution in [-0.2, 0) is 34.4 Å². The third kappa shape index (κ3) is 9.51. The minimum Gasteiger partial charge on any atom is -0.744 e. The molecule has 0 unspecified atom stereocenters. The second-order valence-corrected chi connectivity index (χ2v) is 15.1. The molecule has 0 aliphatic carbocycles. The lowest BCUT2D eigenvalue weighted by atomic mass is 10.1. The molecular formula is C32H36N12O9S2-2. The molecule has 21 nitrogen and oxygen atoms in total. The van der Waals surface area contributed by atoms with Gasteiger partial charge in [-0.2, -0.15) is 29.9 Å². The lowest BCUT2D eigenvalue weighted by Crippen LogP contribution is -2.40. The van der Waals surface area contributed by atoms with E-state index in [1.807, 2.05) is 14.7 Å². The number of hydrogen-bond acceptors (Lipinski definition) is 21. The minimum atomic E-state index is -5.07. The van der Waals surface area contributed by atoms with Crippen LogP contribution in [0.5, 0.6) is 0 Å². The van der Waals surface area contributed by atoms with Gasteiger partial charge in [-0.25, -0.2) is 16.8 Å². The Hall–Kier alpha value is -5.30. The summed E-state index contributed by atoms with van der Waals surface area (Å²) in [5.41, 5.74) is 6.09. The summed E-state index contributed by atoms with van der Waals surface area (Å²) in [7, 11) is -10.1. The molecule has 0 amide bonds. The van der Waals surface area contributed by atoms with Crippen molar-refractivity contribution in [3.8, 4) is 0 Å². The number of nitrogen functional groups attached to an aromatic ring is 1. The first-order valence-corrected chi connectivity index (χ1v) is 19.9. The molecule has 5 heterocycles. The predicted molar refractivity (Wildman–Crippen MR) is 197 cm³/mol. The molecule has 0 spiro atoms. The number of rotatable bonds is 11. The molecule has 55 heavy (non-hydrogen) atoms. The molecule has 0 saturated carbocycles. The summed E-state index contributed by atoms with van der Waals surface area (Å²) in [6, 6.07) is 7.86. The molecule has 0 atom stereocenters. The third-order valence-electron chi connectivity index (χ3n) is 8.66. The molecule has 292 valence electrons. The van der Waals surface area contributed by atoms with E-state index in [0.29, 0.717) is 96.8 Å². The Balaban J connectivity index is 1.15. The van der Waals surface area contributed by atoms with Gasteiger partial charge in [0.25, 0.3) is 0 Å². The minimum absolute atomic E-state index is 0.0114. The lowest BCUT2D eigenvalue weighted by molar-refractivity contribution is 0.121. The zero-order valence-electron chi connectivity index (χ0n) is 29.2. The van der Waals surface area contributed by atoms with Crippen molar-refractivity contribution in [3.63, 3.8) is 0 Å². The standard InChI is InChI=1S/C32H38N12O9S2/c33-27-36-28(38-30(37-27)42-7-13-51-14-8-42)34-23-5-3-21(25(19-23)54(45,46)47)1-2-22-4-6-24(20-26(22)55(48,49)50)35-29-39-31(43-9-15-52-16-10-43)41-32(40-29)44-11-17-53-18-12-44/h1-6,19-20H,7-18H2,(H,45,46,47)(H,48,49,50)(H,35,39,40,41)(H3,33,34,36,37,38)/p-2/b2-1+. The lowest BCUT2D eigenvalue weighted by Gasteiger charge is -2.30. The summed E-state index contributed by atoms with van der Waals surface area (Å²) >= 11 is 0. The zero-order valence-corrected chi connectivity index (χ0v) is 30.8. The molecule has 0 radical (unpaired) electrons. The normalized spacial score (nSPS) is 17.1. The summed E-state index contributed by atoms with van der Waals surface area (Å²) in [5.74, 6) is 1.15. The van der Waals surface area contributed by atoms with Crippen molar-refractivity contribution in [2.45, 2.75) is 9.79 Å². The summed E-state index contributed by atoms with van der Waals surface area (Å²) in [4.78, 5) is 30.9. The van der Waals surface area contributed by atoms with Crippen LogP contribution in [0, 0.1) is 0 Å². The second-order valence-electron chi connectivity index (χ2n) is 12.4. The molecule has 3 aliphatic rings. The van der Waals surface area contributed by atoms with Gasteiger partial charge >= 0.3 is 0 Å². The topological polar surface area (TPSA) is 279 Å². The van der Waals surface area contributed by atoms with Crippen LogP contribution in [0.15, 0.2) is 46.2 Å². The van der Waals surface area contributed by atoms with Crippen LogP contribution in [0.4, 0.5) is 47.1 Å². The maximum absolute atomic E-state index is 12.5. The largest absolute Gasteiger partial charge is 0.744 e. The van der Waals surface area contributed by atoms with Crippen molar-refractivity contribution in [3.05, 3.63) is 47.5 Å². The van der Waals surface area contributed by atoms with Gasteiger partial charge in [0.05, 0.1) is 49.4 Å². The molecule has 4 aromatic rings. The molecule has 7 rings (SSSR count). The van der Waals surface area contributed by atoms with E-state index in [1.165, 1.54) is 36.4 Å². The molecule has 4 N–H and O–H groups in total. The Morgan fingerprint density at radius 1 is 0.564 bits per heavy atom. The molecule has 3 aliphatic heterocycles. The van der Waals surface area contributed by atoms with Crippen molar-refractivity contribution in [1.29, 1.82) is 0 Å². The van der Waals surface area contributed by atoms with Gasteiger partial charge in [0.15, 0.2) is 0 Å². The van der Waals surface area contributed by atoms with E-state index in [4.69, 9.17) is 19.9 Å². The van der Waals surface area contributed by atoms with Crippen molar-refractivity contribution in [2.24, 2.45) is 0 Å². The maximum Gasteiger partial charge on any atom is 0.233 e. The third-order valence-corrected chi connectivity index (χ3v) is 10.4. The highest BCUT2D eigenvalue weighted by Crippen LogP contribution is 2.29. The number of nitrogens with one attached hydrogen (secondary N) is 2. The number of anilines is 8. The molecule has 2 aromatic heterocycles. The van der Waals surface area contributed by atoms with Crippen molar-refractivity contribution in [2.75, 3.05) is 110 Å². The number of nitrogens with two attached hydrogens (primary N) is 1. The summed E-state index contributed by atoms with van der Waals surface area (Å²) in [6.07, 6.45) is 2.45. The van der Waals surface area contributed by atoms with Crippen LogP contribution < -0.4 is 31.1 Å². The van der Waals surface area contributed by atoms with Crippen LogP contribution in [-0.4, -0.2) is 135 Å². The van der Waals surface area contributed by atoms with Crippen molar-refractivity contribution >= 4 is 79.5 Å². The first kappa shape index (κ1) is 38.0. The highest BCUT2D eigenvalue weighted by molar-refractivity contribution is 7.86. The first-order chi connectivity index (χ1) is 26.4. The molecule has 23 heteroatoms. The molecule has 0 bridgehead atoms. The van der Waals surface area contributed by atoms with E-state index in [9.17, 15) is 25.9 Å². The van der Waals surface area contributed by atoms with E-state index in [0.717, 1.165) is 12.1 Å². The fraction of sp³-hybridized carbons (Fsp3) is 0.375. The van der Waals surface area contributed by atoms with Gasteiger partial charge in [-0.15, -0.1) is 0 Å².